The van der Waals surface area contributed by atoms with E-state index in [2.05, 4.69) is 10.6 Å². The average Bonchev–Trinajstić information content (AvgIpc) is 2.50. The van der Waals surface area contributed by atoms with E-state index in [-0.39, 0.29) is 30.5 Å². The lowest BCUT2D eigenvalue weighted by Gasteiger charge is -2.42. The van der Waals surface area contributed by atoms with Crippen molar-refractivity contribution in [1.29, 1.82) is 0 Å². The molecule has 1 aliphatic rings. The number of carbonyl (C=O) groups is 2. The molecule has 0 atom stereocenters. The van der Waals surface area contributed by atoms with Gasteiger partial charge in [0.25, 0.3) is 0 Å². The Hall–Kier alpha value is -2.15. The highest BCUT2D eigenvalue weighted by Gasteiger charge is 2.34. The van der Waals surface area contributed by atoms with Crippen LogP contribution in [0.3, 0.4) is 0 Å². The van der Waals surface area contributed by atoms with Crippen LogP contribution in [0.5, 0.6) is 0 Å². The monoisotopic (exact) mass is 337 g/mol. The summed E-state index contributed by atoms with van der Waals surface area (Å²) in [5.41, 5.74) is 0.965. The van der Waals surface area contributed by atoms with Crippen molar-refractivity contribution in [1.82, 2.24) is 15.5 Å². The number of benzene rings is 1. The van der Waals surface area contributed by atoms with E-state index >= 15 is 0 Å². The Labute approximate surface area is 141 Å². The molecule has 1 fully saturated rings. The van der Waals surface area contributed by atoms with E-state index in [0.29, 0.717) is 19.5 Å². The third kappa shape index (κ3) is 5.49. The van der Waals surface area contributed by atoms with E-state index < -0.39 is 5.97 Å². The summed E-state index contributed by atoms with van der Waals surface area (Å²) in [5, 5.41) is 14.5. The molecular weight excluding hydrogens is 313 g/mol. The zero-order valence-corrected chi connectivity index (χ0v) is 13.8. The number of carbonyl (C=O) groups excluding carboxylic acids is 1. The number of nitrogens with zero attached hydrogens (tertiary/aromatic N) is 1. The van der Waals surface area contributed by atoms with Crippen molar-refractivity contribution in [3.8, 4) is 0 Å². The highest BCUT2D eigenvalue weighted by molar-refractivity contribution is 5.74. The van der Waals surface area contributed by atoms with Gasteiger partial charge in [-0.3, -0.25) is 9.69 Å². The van der Waals surface area contributed by atoms with Crippen molar-refractivity contribution in [2.75, 3.05) is 19.6 Å². The molecule has 1 aromatic rings. The van der Waals surface area contributed by atoms with Crippen LogP contribution >= 0.6 is 0 Å². The molecule has 1 saturated carbocycles. The molecule has 2 amide bonds. The summed E-state index contributed by atoms with van der Waals surface area (Å²) in [6.45, 7) is 3.14. The maximum atomic E-state index is 12.8. The number of halogens is 1. The van der Waals surface area contributed by atoms with Gasteiger partial charge in [0.05, 0.1) is 6.54 Å². The second-order valence-corrected chi connectivity index (χ2v) is 6.06. The van der Waals surface area contributed by atoms with Crippen LogP contribution in [-0.4, -0.2) is 53.7 Å². The van der Waals surface area contributed by atoms with Crippen molar-refractivity contribution in [3.05, 3.63) is 35.6 Å². The smallest absolute Gasteiger partial charge is 0.317 e. The number of carboxylic acid groups (broad SMARTS) is 1. The van der Waals surface area contributed by atoms with Gasteiger partial charge >= 0.3 is 12.0 Å². The van der Waals surface area contributed by atoms with E-state index in [1.165, 1.54) is 12.1 Å². The zero-order valence-electron chi connectivity index (χ0n) is 13.8. The predicted octanol–water partition coefficient (Wildman–Crippen LogP) is 1.60. The maximum absolute atomic E-state index is 12.8. The molecule has 7 heteroatoms. The molecular formula is C17H24FN3O3. The fourth-order valence-electron chi connectivity index (χ4n) is 2.88. The minimum atomic E-state index is -0.827. The van der Waals surface area contributed by atoms with E-state index in [9.17, 15) is 14.0 Å². The van der Waals surface area contributed by atoms with Gasteiger partial charge in [-0.15, -0.1) is 0 Å². The number of hydrogen-bond acceptors (Lipinski definition) is 3. The summed E-state index contributed by atoms with van der Waals surface area (Å²) in [5.74, 6) is -1.10. The molecule has 0 unspecified atom stereocenters. The van der Waals surface area contributed by atoms with Crippen LogP contribution in [0, 0.1) is 5.82 Å². The molecule has 0 heterocycles. The molecule has 1 aromatic carbocycles. The minimum Gasteiger partial charge on any atom is -0.480 e. The Bertz CT molecular complexity index is 559. The Balaban J connectivity index is 1.62. The van der Waals surface area contributed by atoms with Crippen LogP contribution in [0.2, 0.25) is 0 Å². The molecule has 2 rings (SSSR count). The highest BCUT2D eigenvalue weighted by atomic mass is 19.1. The number of nitrogens with one attached hydrogen (secondary N) is 2. The van der Waals surface area contributed by atoms with Gasteiger partial charge in [-0.1, -0.05) is 19.1 Å². The number of rotatable bonds is 8. The van der Waals surface area contributed by atoms with E-state index in [1.54, 1.807) is 12.1 Å². The molecule has 24 heavy (non-hydrogen) atoms. The molecule has 0 aliphatic heterocycles. The lowest BCUT2D eigenvalue weighted by molar-refractivity contribution is -0.139. The Kier molecular flexibility index (Phi) is 6.54. The van der Waals surface area contributed by atoms with Gasteiger partial charge in [0.1, 0.15) is 5.82 Å². The van der Waals surface area contributed by atoms with E-state index in [1.807, 2.05) is 11.8 Å². The average molecular weight is 337 g/mol. The number of aliphatic carboxylic acids is 1. The number of amides is 2. The number of carboxylic acids is 1. The lowest BCUT2D eigenvalue weighted by Crippen LogP contribution is -2.56. The third-order valence-electron chi connectivity index (χ3n) is 4.32. The van der Waals surface area contributed by atoms with E-state index in [0.717, 1.165) is 18.4 Å². The maximum Gasteiger partial charge on any atom is 0.317 e. The number of urea groups is 1. The van der Waals surface area contributed by atoms with Gasteiger partial charge in [-0.05, 0) is 43.5 Å². The van der Waals surface area contributed by atoms with Crippen LogP contribution in [-0.2, 0) is 11.2 Å². The molecule has 0 bridgehead atoms. The van der Waals surface area contributed by atoms with Gasteiger partial charge in [-0.25, -0.2) is 9.18 Å². The van der Waals surface area contributed by atoms with Crippen LogP contribution in [0.4, 0.5) is 9.18 Å². The quantitative estimate of drug-likeness (QED) is 0.673. The highest BCUT2D eigenvalue weighted by Crippen LogP contribution is 2.25. The Morgan fingerprint density at radius 1 is 1.29 bits per heavy atom. The van der Waals surface area contributed by atoms with Gasteiger partial charge < -0.3 is 15.7 Å². The van der Waals surface area contributed by atoms with Crippen LogP contribution in [0.25, 0.3) is 0 Å². The van der Waals surface area contributed by atoms with Gasteiger partial charge in [0.15, 0.2) is 0 Å². The van der Waals surface area contributed by atoms with Crippen molar-refractivity contribution in [2.45, 2.75) is 38.3 Å². The second kappa shape index (κ2) is 8.63. The molecule has 0 spiro atoms. The largest absolute Gasteiger partial charge is 0.480 e. The molecule has 3 N–H and O–H groups in total. The van der Waals surface area contributed by atoms with Crippen molar-refractivity contribution in [2.24, 2.45) is 0 Å². The second-order valence-electron chi connectivity index (χ2n) is 6.06. The first-order valence-corrected chi connectivity index (χ1v) is 8.22. The molecule has 0 radical (unpaired) electrons. The SMILES string of the molecule is CCN(CC(=O)O)C1CC(NC(=O)NCCc2ccc(F)cc2)C1. The normalized spacial score (nSPS) is 19.6. The molecule has 132 valence electrons. The topological polar surface area (TPSA) is 81.7 Å². The Morgan fingerprint density at radius 2 is 1.96 bits per heavy atom. The Morgan fingerprint density at radius 3 is 2.54 bits per heavy atom. The molecule has 0 saturated heterocycles. The van der Waals surface area contributed by atoms with Crippen molar-refractivity contribution in [3.63, 3.8) is 0 Å². The van der Waals surface area contributed by atoms with E-state index in [4.69, 9.17) is 5.11 Å². The zero-order chi connectivity index (χ0) is 17.5. The lowest BCUT2D eigenvalue weighted by atomic mass is 9.85. The third-order valence-corrected chi connectivity index (χ3v) is 4.32. The summed E-state index contributed by atoms with van der Waals surface area (Å²) in [4.78, 5) is 24.5. The van der Waals surface area contributed by atoms with Crippen molar-refractivity contribution < 1.29 is 19.1 Å². The molecule has 6 nitrogen and oxygen atoms in total. The summed E-state index contributed by atoms with van der Waals surface area (Å²) in [6, 6.07) is 6.29. The predicted molar refractivity (Wildman–Crippen MR) is 88.3 cm³/mol. The van der Waals surface area contributed by atoms with Gasteiger partial charge in [-0.2, -0.15) is 0 Å². The fourth-order valence-corrected chi connectivity index (χ4v) is 2.88. The first-order valence-electron chi connectivity index (χ1n) is 8.22. The summed E-state index contributed by atoms with van der Waals surface area (Å²) in [7, 11) is 0. The summed E-state index contributed by atoms with van der Waals surface area (Å²) >= 11 is 0. The van der Waals surface area contributed by atoms with Crippen LogP contribution in [0.1, 0.15) is 25.3 Å². The molecule has 0 aromatic heterocycles. The van der Waals surface area contributed by atoms with Gasteiger partial charge in [0.2, 0.25) is 0 Å². The molecule has 1 aliphatic carbocycles. The van der Waals surface area contributed by atoms with Crippen LogP contribution < -0.4 is 10.6 Å². The first kappa shape index (κ1) is 18.2. The number of hydrogen-bond donors (Lipinski definition) is 3. The first-order chi connectivity index (χ1) is 11.5. The van der Waals surface area contributed by atoms with Gasteiger partial charge in [0, 0.05) is 18.6 Å². The number of likely N-dealkylation sites (N-methyl/N-ethyl adjacent to an activating group) is 1. The minimum absolute atomic E-state index is 0.0394. The van der Waals surface area contributed by atoms with Crippen molar-refractivity contribution >= 4 is 12.0 Å². The standard InChI is InChI=1S/C17H24FN3O3/c1-2-21(11-16(22)23)15-9-14(10-15)20-17(24)19-8-7-12-3-5-13(18)6-4-12/h3-6,14-15H,2,7-11H2,1H3,(H,22,23)(H2,19,20,24). The summed E-state index contributed by atoms with van der Waals surface area (Å²) < 4.78 is 12.8. The van der Waals surface area contributed by atoms with Crippen LogP contribution in [0.15, 0.2) is 24.3 Å². The summed E-state index contributed by atoms with van der Waals surface area (Å²) in [6.07, 6.45) is 2.18. The fraction of sp³-hybridized carbons (Fsp3) is 0.529.